The summed E-state index contributed by atoms with van der Waals surface area (Å²) >= 11 is 0. The van der Waals surface area contributed by atoms with Crippen LogP contribution in [0.3, 0.4) is 0 Å². The van der Waals surface area contributed by atoms with Crippen LogP contribution in [0.15, 0.2) is 35.3 Å². The van der Waals surface area contributed by atoms with E-state index in [2.05, 4.69) is 52.4 Å². The molecule has 2 fully saturated rings. The maximum Gasteiger partial charge on any atom is 0.193 e. The Morgan fingerprint density at radius 1 is 1.17 bits per heavy atom. The number of ether oxygens (including phenoxy) is 2. The van der Waals surface area contributed by atoms with Gasteiger partial charge in [0.1, 0.15) is 0 Å². The van der Waals surface area contributed by atoms with Gasteiger partial charge in [0, 0.05) is 45.2 Å². The van der Waals surface area contributed by atoms with Gasteiger partial charge < -0.3 is 19.7 Å². The van der Waals surface area contributed by atoms with Gasteiger partial charge in [0.15, 0.2) is 5.96 Å². The molecular formula is C23H39IN4O2. The van der Waals surface area contributed by atoms with E-state index in [1.165, 1.54) is 31.4 Å². The van der Waals surface area contributed by atoms with E-state index in [4.69, 9.17) is 14.5 Å². The van der Waals surface area contributed by atoms with Crippen molar-refractivity contribution in [2.75, 3.05) is 59.7 Å². The largest absolute Gasteiger partial charge is 0.382 e. The van der Waals surface area contributed by atoms with Crippen molar-refractivity contribution in [3.63, 3.8) is 0 Å². The Morgan fingerprint density at radius 3 is 2.77 bits per heavy atom. The molecule has 0 radical (unpaired) electrons. The molecule has 170 valence electrons. The van der Waals surface area contributed by atoms with Crippen LogP contribution in [0.25, 0.3) is 0 Å². The Hall–Kier alpha value is -0.900. The fraction of sp³-hybridized carbons (Fsp3) is 0.696. The second-order valence-electron chi connectivity index (χ2n) is 8.12. The molecular weight excluding hydrogens is 491 g/mol. The van der Waals surface area contributed by atoms with E-state index >= 15 is 0 Å². The van der Waals surface area contributed by atoms with Crippen LogP contribution in [0.5, 0.6) is 0 Å². The molecule has 0 aliphatic carbocycles. The minimum absolute atomic E-state index is 0. The van der Waals surface area contributed by atoms with Gasteiger partial charge in [-0.2, -0.15) is 0 Å². The maximum absolute atomic E-state index is 5.74. The maximum atomic E-state index is 5.74. The molecule has 6 nitrogen and oxygen atoms in total. The first-order chi connectivity index (χ1) is 14.3. The lowest BCUT2D eigenvalue weighted by Gasteiger charge is -2.25. The molecule has 0 bridgehead atoms. The number of halogens is 1. The molecule has 2 aliphatic heterocycles. The molecule has 0 saturated carbocycles. The summed E-state index contributed by atoms with van der Waals surface area (Å²) in [6.45, 7) is 10.4. The molecule has 1 N–H and O–H groups in total. The van der Waals surface area contributed by atoms with Crippen molar-refractivity contribution < 1.29 is 9.47 Å². The van der Waals surface area contributed by atoms with Gasteiger partial charge in [-0.3, -0.25) is 9.89 Å². The number of rotatable bonds is 10. The third-order valence-electron chi connectivity index (χ3n) is 5.88. The standard InChI is InChI=1S/C23H38N4O2.HI/c1-3-24-23(27-13-11-21(18-27)19-29-15-14-28-2)25-16-22-10-7-12-26(22)17-20-8-5-4-6-9-20;/h4-6,8-9,21-22H,3,7,10-19H2,1-2H3,(H,24,25);1H. The highest BCUT2D eigenvalue weighted by Crippen LogP contribution is 2.21. The number of benzene rings is 1. The molecule has 2 aliphatic rings. The highest BCUT2D eigenvalue weighted by Gasteiger charge is 2.27. The highest BCUT2D eigenvalue weighted by molar-refractivity contribution is 14.0. The molecule has 2 atom stereocenters. The number of likely N-dealkylation sites (tertiary alicyclic amines) is 2. The third-order valence-corrected chi connectivity index (χ3v) is 5.88. The van der Waals surface area contributed by atoms with Crippen LogP contribution in [0.1, 0.15) is 31.7 Å². The SMILES string of the molecule is CCNC(=NCC1CCCN1Cc1ccccc1)N1CCC(COCCOC)C1.I. The monoisotopic (exact) mass is 530 g/mol. The van der Waals surface area contributed by atoms with Gasteiger partial charge in [-0.15, -0.1) is 24.0 Å². The number of nitrogens with one attached hydrogen (secondary N) is 1. The van der Waals surface area contributed by atoms with Crippen LogP contribution in [-0.2, 0) is 16.0 Å². The van der Waals surface area contributed by atoms with E-state index < -0.39 is 0 Å². The van der Waals surface area contributed by atoms with Crippen molar-refractivity contribution >= 4 is 29.9 Å². The molecule has 1 aromatic rings. The minimum atomic E-state index is 0. The fourth-order valence-corrected chi connectivity index (χ4v) is 4.30. The summed E-state index contributed by atoms with van der Waals surface area (Å²) in [5.41, 5.74) is 1.39. The first kappa shape index (κ1) is 25.4. The van der Waals surface area contributed by atoms with Crippen molar-refractivity contribution in [3.05, 3.63) is 35.9 Å². The van der Waals surface area contributed by atoms with Gasteiger partial charge in [0.05, 0.1) is 26.4 Å². The van der Waals surface area contributed by atoms with E-state index in [0.717, 1.165) is 45.3 Å². The molecule has 0 spiro atoms. The van der Waals surface area contributed by atoms with E-state index in [1.807, 2.05) is 0 Å². The lowest BCUT2D eigenvalue weighted by Crippen LogP contribution is -2.41. The van der Waals surface area contributed by atoms with Crippen molar-refractivity contribution in [2.45, 2.75) is 38.8 Å². The summed E-state index contributed by atoms with van der Waals surface area (Å²) < 4.78 is 10.8. The second-order valence-corrected chi connectivity index (χ2v) is 8.12. The Balaban J connectivity index is 0.00000320. The predicted molar refractivity (Wildman–Crippen MR) is 134 cm³/mol. The van der Waals surface area contributed by atoms with Crippen LogP contribution < -0.4 is 5.32 Å². The topological polar surface area (TPSA) is 49.3 Å². The second kappa shape index (κ2) is 14.2. The number of hydrogen-bond donors (Lipinski definition) is 1. The summed E-state index contributed by atoms with van der Waals surface area (Å²) in [7, 11) is 1.71. The smallest absolute Gasteiger partial charge is 0.193 e. The first-order valence-electron chi connectivity index (χ1n) is 11.2. The summed E-state index contributed by atoms with van der Waals surface area (Å²) in [6.07, 6.45) is 3.68. The van der Waals surface area contributed by atoms with Crippen LogP contribution in [0, 0.1) is 5.92 Å². The molecule has 7 heteroatoms. The average molecular weight is 530 g/mol. The van der Waals surface area contributed by atoms with E-state index in [1.54, 1.807) is 7.11 Å². The zero-order chi connectivity index (χ0) is 20.3. The zero-order valence-electron chi connectivity index (χ0n) is 18.6. The highest BCUT2D eigenvalue weighted by atomic mass is 127. The summed E-state index contributed by atoms with van der Waals surface area (Å²) in [6, 6.07) is 11.3. The molecule has 30 heavy (non-hydrogen) atoms. The molecule has 1 aromatic carbocycles. The lowest BCUT2D eigenvalue weighted by molar-refractivity contribution is 0.0536. The summed E-state index contributed by atoms with van der Waals surface area (Å²) in [4.78, 5) is 10.0. The van der Waals surface area contributed by atoms with Gasteiger partial charge in [0.25, 0.3) is 0 Å². The first-order valence-corrected chi connectivity index (χ1v) is 11.2. The van der Waals surface area contributed by atoms with Gasteiger partial charge in [0.2, 0.25) is 0 Å². The number of guanidine groups is 1. The van der Waals surface area contributed by atoms with Crippen LogP contribution >= 0.6 is 24.0 Å². The Morgan fingerprint density at radius 2 is 2.00 bits per heavy atom. The minimum Gasteiger partial charge on any atom is -0.382 e. The van der Waals surface area contributed by atoms with Crippen molar-refractivity contribution in [3.8, 4) is 0 Å². The molecule has 2 unspecified atom stereocenters. The Kier molecular flexibility index (Phi) is 12.0. The van der Waals surface area contributed by atoms with Crippen molar-refractivity contribution in [2.24, 2.45) is 10.9 Å². The van der Waals surface area contributed by atoms with Crippen molar-refractivity contribution in [1.29, 1.82) is 0 Å². The molecule has 0 amide bonds. The third kappa shape index (κ3) is 7.98. The van der Waals surface area contributed by atoms with Crippen LogP contribution in [0.4, 0.5) is 0 Å². The van der Waals surface area contributed by atoms with E-state index in [0.29, 0.717) is 25.2 Å². The average Bonchev–Trinajstić information content (AvgIpc) is 3.39. The van der Waals surface area contributed by atoms with Gasteiger partial charge >= 0.3 is 0 Å². The predicted octanol–water partition coefficient (Wildman–Crippen LogP) is 3.22. The normalized spacial score (nSPS) is 22.3. The lowest BCUT2D eigenvalue weighted by atomic mass is 10.1. The van der Waals surface area contributed by atoms with Crippen LogP contribution in [-0.4, -0.2) is 81.5 Å². The number of aliphatic imine (C=N–C) groups is 1. The molecule has 0 aromatic heterocycles. The van der Waals surface area contributed by atoms with Gasteiger partial charge in [-0.05, 0) is 38.3 Å². The Labute approximate surface area is 199 Å². The van der Waals surface area contributed by atoms with E-state index in [-0.39, 0.29) is 24.0 Å². The van der Waals surface area contributed by atoms with Gasteiger partial charge in [-0.25, -0.2) is 0 Å². The number of hydrogen-bond acceptors (Lipinski definition) is 4. The summed E-state index contributed by atoms with van der Waals surface area (Å²) in [5, 5.41) is 3.51. The van der Waals surface area contributed by atoms with E-state index in [9.17, 15) is 0 Å². The Bertz CT molecular complexity index is 616. The van der Waals surface area contributed by atoms with Gasteiger partial charge in [-0.1, -0.05) is 30.3 Å². The summed E-state index contributed by atoms with van der Waals surface area (Å²) in [5.74, 6) is 1.65. The molecule has 2 heterocycles. The van der Waals surface area contributed by atoms with Crippen LogP contribution in [0.2, 0.25) is 0 Å². The number of nitrogens with zero attached hydrogens (tertiary/aromatic N) is 3. The molecule has 3 rings (SSSR count). The molecule has 2 saturated heterocycles. The zero-order valence-corrected chi connectivity index (χ0v) is 20.9. The van der Waals surface area contributed by atoms with Crippen molar-refractivity contribution in [1.82, 2.24) is 15.1 Å². The number of methoxy groups -OCH3 is 1. The quantitative estimate of drug-likeness (QED) is 0.218. The fourth-order valence-electron chi connectivity index (χ4n) is 4.30.